The van der Waals surface area contributed by atoms with E-state index in [0.29, 0.717) is 36.1 Å². The van der Waals surface area contributed by atoms with Gasteiger partial charge in [-0.2, -0.15) is 0 Å². The molecule has 0 atom stereocenters. The smallest absolute Gasteiger partial charge is 0.258 e. The molecule has 1 aliphatic rings. The van der Waals surface area contributed by atoms with Gasteiger partial charge in [-0.1, -0.05) is 63.4 Å². The molecule has 0 saturated heterocycles. The van der Waals surface area contributed by atoms with Crippen molar-refractivity contribution >= 4 is 11.8 Å². The average Bonchev–Trinajstić information content (AvgIpc) is 3.44. The van der Waals surface area contributed by atoms with E-state index >= 15 is 0 Å². The van der Waals surface area contributed by atoms with E-state index in [1.165, 1.54) is 12.0 Å². The minimum Gasteiger partial charge on any atom is -0.497 e. The van der Waals surface area contributed by atoms with E-state index in [4.69, 9.17) is 9.47 Å². The number of hydrogen-bond acceptors (Lipinski definition) is 4. The fourth-order valence-electron chi connectivity index (χ4n) is 5.58. The topological polar surface area (TPSA) is 64.0 Å². The Hall–Kier alpha value is -3.74. The summed E-state index contributed by atoms with van der Waals surface area (Å²) in [5, 5.41) is 0. The molecule has 7 heteroatoms. The molecule has 4 rings (SSSR count). The van der Waals surface area contributed by atoms with Crippen LogP contribution in [0.15, 0.2) is 66.9 Å². The Morgan fingerprint density at radius 2 is 1.71 bits per heavy atom. The van der Waals surface area contributed by atoms with Crippen molar-refractivity contribution in [3.63, 3.8) is 0 Å². The minimum absolute atomic E-state index is 0.00561. The highest BCUT2D eigenvalue weighted by Crippen LogP contribution is 2.28. The van der Waals surface area contributed by atoms with Crippen LogP contribution in [0.1, 0.15) is 74.0 Å². The second-order valence-corrected chi connectivity index (χ2v) is 11.4. The van der Waals surface area contributed by atoms with Crippen LogP contribution in [-0.4, -0.2) is 59.5 Å². The van der Waals surface area contributed by atoms with Crippen molar-refractivity contribution in [1.82, 2.24) is 14.4 Å². The molecule has 7 nitrogen and oxygen atoms in total. The molecule has 1 aromatic heterocycles. The van der Waals surface area contributed by atoms with Crippen LogP contribution in [0.4, 0.5) is 0 Å². The molecule has 0 N–H and O–H groups in total. The number of nitrogens with zero attached hydrogens (tertiary/aromatic N) is 3. The summed E-state index contributed by atoms with van der Waals surface area (Å²) in [6.07, 6.45) is 8.34. The summed E-state index contributed by atoms with van der Waals surface area (Å²) in [4.78, 5) is 31.8. The van der Waals surface area contributed by atoms with Gasteiger partial charge in [0, 0.05) is 37.1 Å². The average molecular weight is 560 g/mol. The van der Waals surface area contributed by atoms with Gasteiger partial charge in [-0.25, -0.2) is 0 Å². The van der Waals surface area contributed by atoms with E-state index in [9.17, 15) is 9.59 Å². The lowest BCUT2D eigenvalue weighted by molar-refractivity contribution is -0.135. The van der Waals surface area contributed by atoms with Gasteiger partial charge in [0.05, 0.1) is 26.3 Å². The van der Waals surface area contributed by atoms with Crippen LogP contribution < -0.4 is 9.47 Å². The van der Waals surface area contributed by atoms with Crippen LogP contribution in [0.3, 0.4) is 0 Å². The van der Waals surface area contributed by atoms with Gasteiger partial charge in [-0.15, -0.1) is 0 Å². The lowest BCUT2D eigenvalue weighted by Crippen LogP contribution is -2.48. The summed E-state index contributed by atoms with van der Waals surface area (Å²) in [6.45, 7) is 6.09. The first-order valence-electron chi connectivity index (χ1n) is 14.9. The second kappa shape index (κ2) is 14.8. The summed E-state index contributed by atoms with van der Waals surface area (Å²) in [5.41, 5.74) is 2.76. The highest BCUT2D eigenvalue weighted by molar-refractivity contribution is 5.99. The quantitative estimate of drug-likeness (QED) is 0.243. The first-order valence-corrected chi connectivity index (χ1v) is 14.9. The normalized spacial score (nSPS) is 13.7. The molecular weight excluding hydrogens is 514 g/mol. The fourth-order valence-corrected chi connectivity index (χ4v) is 5.58. The maximum atomic E-state index is 14.2. The Morgan fingerprint density at radius 1 is 0.951 bits per heavy atom. The van der Waals surface area contributed by atoms with Crippen LogP contribution in [0, 0.1) is 5.92 Å². The van der Waals surface area contributed by atoms with Crippen molar-refractivity contribution in [2.75, 3.05) is 27.3 Å². The van der Waals surface area contributed by atoms with Gasteiger partial charge >= 0.3 is 0 Å². The van der Waals surface area contributed by atoms with Crippen LogP contribution in [0.2, 0.25) is 0 Å². The van der Waals surface area contributed by atoms with Crippen molar-refractivity contribution < 1.29 is 19.1 Å². The lowest BCUT2D eigenvalue weighted by Gasteiger charge is -2.36. The van der Waals surface area contributed by atoms with Crippen LogP contribution in [-0.2, 0) is 17.9 Å². The van der Waals surface area contributed by atoms with Crippen molar-refractivity contribution in [2.45, 2.75) is 71.5 Å². The van der Waals surface area contributed by atoms with Crippen molar-refractivity contribution in [2.24, 2.45) is 5.92 Å². The SMILES string of the molecule is COc1ccc(C(=O)N(CCC(C)C)CC(=O)N(Cc2cccn2Cc2ccccc2)C2CCCCC2)c(OC)c1. The molecule has 2 amide bonds. The van der Waals surface area contributed by atoms with Gasteiger partial charge in [-0.05, 0) is 55.0 Å². The monoisotopic (exact) mass is 559 g/mol. The first kappa shape index (κ1) is 30.2. The number of amides is 2. The molecule has 41 heavy (non-hydrogen) atoms. The zero-order valence-corrected chi connectivity index (χ0v) is 25.1. The third kappa shape index (κ3) is 8.15. The maximum Gasteiger partial charge on any atom is 0.258 e. The van der Waals surface area contributed by atoms with Crippen LogP contribution in [0.25, 0.3) is 0 Å². The van der Waals surface area contributed by atoms with Crippen LogP contribution >= 0.6 is 0 Å². The number of hydrogen-bond donors (Lipinski definition) is 0. The Balaban J connectivity index is 1.58. The maximum absolute atomic E-state index is 14.2. The van der Waals surface area contributed by atoms with E-state index in [1.807, 2.05) is 11.0 Å². The van der Waals surface area contributed by atoms with E-state index in [0.717, 1.165) is 44.3 Å². The van der Waals surface area contributed by atoms with Gasteiger partial charge in [0.1, 0.15) is 18.0 Å². The molecular formula is C34H45N3O4. The minimum atomic E-state index is -0.199. The molecule has 2 aromatic carbocycles. The fraction of sp³-hybridized carbons (Fsp3) is 0.471. The lowest BCUT2D eigenvalue weighted by atomic mass is 9.94. The molecule has 0 spiro atoms. The first-order chi connectivity index (χ1) is 19.9. The van der Waals surface area contributed by atoms with Gasteiger partial charge in [0.2, 0.25) is 5.91 Å². The van der Waals surface area contributed by atoms with E-state index in [2.05, 4.69) is 61.0 Å². The summed E-state index contributed by atoms with van der Waals surface area (Å²) in [6, 6.07) is 19.9. The number of ether oxygens (including phenoxy) is 2. The predicted molar refractivity (Wildman–Crippen MR) is 162 cm³/mol. The molecule has 1 saturated carbocycles. The summed E-state index contributed by atoms with van der Waals surface area (Å²) in [5.74, 6) is 1.25. The number of methoxy groups -OCH3 is 2. The van der Waals surface area contributed by atoms with Gasteiger partial charge in [0.25, 0.3) is 5.91 Å². The summed E-state index contributed by atoms with van der Waals surface area (Å²) in [7, 11) is 3.13. The third-order valence-corrected chi connectivity index (χ3v) is 8.02. The molecule has 0 unspecified atom stereocenters. The van der Waals surface area contributed by atoms with E-state index in [1.54, 1.807) is 37.3 Å². The number of carbonyl (C=O) groups excluding carboxylic acids is 2. The van der Waals surface area contributed by atoms with Crippen molar-refractivity contribution in [3.05, 3.63) is 83.7 Å². The standard InChI is InChI=1S/C34H45N3O4/c1-26(2)19-21-36(34(39)31-18-17-30(40-3)22-32(31)41-4)25-33(38)37(28-14-9-6-10-15-28)24-29-16-11-20-35(29)23-27-12-7-5-8-13-27/h5,7-8,11-13,16-18,20,22,26,28H,6,9-10,14-15,19,21,23-25H2,1-4H3. The Morgan fingerprint density at radius 3 is 2.39 bits per heavy atom. The zero-order chi connectivity index (χ0) is 29.2. The van der Waals surface area contributed by atoms with Crippen molar-refractivity contribution in [3.8, 4) is 11.5 Å². The molecule has 0 bridgehead atoms. The Bertz CT molecular complexity index is 1260. The number of benzene rings is 2. The second-order valence-electron chi connectivity index (χ2n) is 11.4. The molecule has 1 fully saturated rings. The number of aromatic nitrogens is 1. The molecule has 0 aliphatic heterocycles. The van der Waals surface area contributed by atoms with Crippen molar-refractivity contribution in [1.29, 1.82) is 0 Å². The highest BCUT2D eigenvalue weighted by atomic mass is 16.5. The van der Waals surface area contributed by atoms with Gasteiger partial charge in [-0.3, -0.25) is 9.59 Å². The Kier molecular flexibility index (Phi) is 10.9. The molecule has 220 valence electrons. The molecule has 3 aromatic rings. The van der Waals surface area contributed by atoms with E-state index < -0.39 is 0 Å². The Labute approximate surface area is 245 Å². The molecule has 0 radical (unpaired) electrons. The number of carbonyl (C=O) groups is 2. The van der Waals surface area contributed by atoms with Gasteiger partial charge < -0.3 is 23.8 Å². The van der Waals surface area contributed by atoms with Crippen LogP contribution in [0.5, 0.6) is 11.5 Å². The molecule has 1 aliphatic carbocycles. The van der Waals surface area contributed by atoms with Gasteiger partial charge in [0.15, 0.2) is 0 Å². The third-order valence-electron chi connectivity index (χ3n) is 8.02. The summed E-state index contributed by atoms with van der Waals surface area (Å²) >= 11 is 0. The highest BCUT2D eigenvalue weighted by Gasteiger charge is 2.30. The zero-order valence-electron chi connectivity index (χ0n) is 25.1. The summed E-state index contributed by atoms with van der Waals surface area (Å²) < 4.78 is 13.1. The number of rotatable bonds is 13. The largest absolute Gasteiger partial charge is 0.497 e. The van der Waals surface area contributed by atoms with E-state index in [-0.39, 0.29) is 24.4 Å². The predicted octanol–water partition coefficient (Wildman–Crippen LogP) is 6.40. The molecule has 1 heterocycles.